The summed E-state index contributed by atoms with van der Waals surface area (Å²) in [7, 11) is 0. The molecular weight excluding hydrogens is 336 g/mol. The van der Waals surface area contributed by atoms with Gasteiger partial charge in [-0.25, -0.2) is 4.98 Å². The average molecular weight is 354 g/mol. The molecule has 0 amide bonds. The Hall–Kier alpha value is -2.38. The standard InChI is InChI=1S/C18H18N4O2S/c1-12(13-2-3-18-17(9-13)20-11-25-18)21-6-4-14-8-15(22(23)24)10-19-16(14)5-7-21/h2-3,8-12H,4-7H2,1H3/t12-/m1/s1. The van der Waals surface area contributed by atoms with Crippen LogP contribution in [0.2, 0.25) is 0 Å². The molecule has 1 aliphatic heterocycles. The van der Waals surface area contributed by atoms with Crippen molar-refractivity contribution in [3.63, 3.8) is 0 Å². The van der Waals surface area contributed by atoms with Gasteiger partial charge in [-0.15, -0.1) is 11.3 Å². The lowest BCUT2D eigenvalue weighted by Gasteiger charge is -2.27. The molecule has 1 aromatic carbocycles. The van der Waals surface area contributed by atoms with Crippen molar-refractivity contribution < 1.29 is 4.92 Å². The summed E-state index contributed by atoms with van der Waals surface area (Å²) in [6.45, 7) is 3.97. The Morgan fingerprint density at radius 3 is 2.92 bits per heavy atom. The summed E-state index contributed by atoms with van der Waals surface area (Å²) in [4.78, 5) is 21.7. The van der Waals surface area contributed by atoms with Crippen molar-refractivity contribution in [2.45, 2.75) is 25.8 Å². The van der Waals surface area contributed by atoms with E-state index in [-0.39, 0.29) is 16.7 Å². The maximum absolute atomic E-state index is 11.0. The van der Waals surface area contributed by atoms with Crippen LogP contribution in [0.3, 0.4) is 0 Å². The number of thiazole rings is 1. The number of benzene rings is 1. The number of aromatic nitrogens is 2. The maximum atomic E-state index is 11.0. The summed E-state index contributed by atoms with van der Waals surface area (Å²) in [6, 6.07) is 8.42. The van der Waals surface area contributed by atoms with Gasteiger partial charge in [0.05, 0.1) is 20.7 Å². The molecule has 0 spiro atoms. The zero-order chi connectivity index (χ0) is 17.4. The minimum absolute atomic E-state index is 0.0780. The molecule has 0 aliphatic carbocycles. The largest absolute Gasteiger partial charge is 0.296 e. The molecule has 3 heterocycles. The van der Waals surface area contributed by atoms with Gasteiger partial charge in [0.1, 0.15) is 6.20 Å². The summed E-state index contributed by atoms with van der Waals surface area (Å²) in [5, 5.41) is 11.0. The molecule has 128 valence electrons. The first-order chi connectivity index (χ1) is 12.1. The molecule has 1 atom stereocenters. The second-order valence-electron chi connectivity index (χ2n) is 6.35. The highest BCUT2D eigenvalue weighted by atomic mass is 32.1. The Labute approximate surface area is 149 Å². The fourth-order valence-electron chi connectivity index (χ4n) is 3.43. The van der Waals surface area contributed by atoms with Gasteiger partial charge >= 0.3 is 0 Å². The van der Waals surface area contributed by atoms with Crippen LogP contribution in [-0.4, -0.2) is 32.9 Å². The van der Waals surface area contributed by atoms with Crippen molar-refractivity contribution in [2.24, 2.45) is 0 Å². The average Bonchev–Trinajstić information content (AvgIpc) is 2.99. The van der Waals surface area contributed by atoms with E-state index >= 15 is 0 Å². The molecule has 0 radical (unpaired) electrons. The summed E-state index contributed by atoms with van der Waals surface area (Å²) in [6.07, 6.45) is 2.97. The molecule has 25 heavy (non-hydrogen) atoms. The Balaban J connectivity index is 1.55. The van der Waals surface area contributed by atoms with Gasteiger partial charge in [-0.2, -0.15) is 0 Å². The van der Waals surface area contributed by atoms with Crippen LogP contribution in [0.4, 0.5) is 5.69 Å². The quantitative estimate of drug-likeness (QED) is 0.529. The number of rotatable bonds is 3. The van der Waals surface area contributed by atoms with Gasteiger partial charge in [-0.3, -0.25) is 20.0 Å². The molecule has 0 saturated heterocycles. The van der Waals surface area contributed by atoms with Crippen LogP contribution in [0.5, 0.6) is 0 Å². The van der Waals surface area contributed by atoms with Crippen molar-refractivity contribution in [3.05, 3.63) is 62.9 Å². The SMILES string of the molecule is C[C@H](c1ccc2scnc2c1)N1CCc2cc([N+](=O)[O-])cnc2CC1. The predicted octanol–water partition coefficient (Wildman–Crippen LogP) is 3.76. The Bertz CT molecular complexity index is 940. The molecule has 4 rings (SSSR count). The van der Waals surface area contributed by atoms with Crippen LogP contribution in [0, 0.1) is 10.1 Å². The molecule has 0 saturated carbocycles. The van der Waals surface area contributed by atoms with Crippen molar-refractivity contribution in [1.29, 1.82) is 0 Å². The van der Waals surface area contributed by atoms with Crippen LogP contribution in [0.15, 0.2) is 36.0 Å². The topological polar surface area (TPSA) is 72.2 Å². The van der Waals surface area contributed by atoms with Gasteiger partial charge in [-0.05, 0) is 36.6 Å². The first-order valence-electron chi connectivity index (χ1n) is 8.31. The Morgan fingerprint density at radius 2 is 2.08 bits per heavy atom. The third-order valence-corrected chi connectivity index (χ3v) is 5.75. The Kier molecular flexibility index (Phi) is 4.19. The van der Waals surface area contributed by atoms with E-state index in [1.54, 1.807) is 17.4 Å². The van der Waals surface area contributed by atoms with E-state index in [1.165, 1.54) is 16.5 Å². The Morgan fingerprint density at radius 1 is 1.24 bits per heavy atom. The first-order valence-corrected chi connectivity index (χ1v) is 9.19. The van der Waals surface area contributed by atoms with Gasteiger partial charge < -0.3 is 0 Å². The normalized spacial score (nSPS) is 16.4. The van der Waals surface area contributed by atoms with Gasteiger partial charge in [0, 0.05) is 37.3 Å². The predicted molar refractivity (Wildman–Crippen MR) is 97.9 cm³/mol. The van der Waals surface area contributed by atoms with Gasteiger partial charge in [0.2, 0.25) is 0 Å². The summed E-state index contributed by atoms with van der Waals surface area (Å²) >= 11 is 1.65. The van der Waals surface area contributed by atoms with Crippen LogP contribution in [0.25, 0.3) is 10.2 Å². The molecule has 0 fully saturated rings. The second-order valence-corrected chi connectivity index (χ2v) is 7.23. The van der Waals surface area contributed by atoms with E-state index in [9.17, 15) is 10.1 Å². The van der Waals surface area contributed by atoms with E-state index in [0.717, 1.165) is 42.7 Å². The zero-order valence-corrected chi connectivity index (χ0v) is 14.7. The number of hydrogen-bond acceptors (Lipinski definition) is 6. The number of nitro groups is 1. The van der Waals surface area contributed by atoms with E-state index in [4.69, 9.17) is 0 Å². The lowest BCUT2D eigenvalue weighted by atomic mass is 10.1. The van der Waals surface area contributed by atoms with Crippen LogP contribution in [0.1, 0.15) is 29.8 Å². The molecular formula is C18H18N4O2S. The van der Waals surface area contributed by atoms with E-state index in [1.807, 2.05) is 5.51 Å². The van der Waals surface area contributed by atoms with E-state index < -0.39 is 0 Å². The highest BCUT2D eigenvalue weighted by Gasteiger charge is 2.22. The molecule has 7 heteroatoms. The second kappa shape index (κ2) is 6.50. The lowest BCUT2D eigenvalue weighted by molar-refractivity contribution is -0.385. The third kappa shape index (κ3) is 3.12. The van der Waals surface area contributed by atoms with Crippen LogP contribution in [-0.2, 0) is 12.8 Å². The fourth-order valence-corrected chi connectivity index (χ4v) is 4.08. The zero-order valence-electron chi connectivity index (χ0n) is 13.9. The van der Waals surface area contributed by atoms with Crippen molar-refractivity contribution in [3.8, 4) is 0 Å². The van der Waals surface area contributed by atoms with Gasteiger partial charge in [-0.1, -0.05) is 6.07 Å². The van der Waals surface area contributed by atoms with Crippen molar-refractivity contribution >= 4 is 27.2 Å². The van der Waals surface area contributed by atoms with Crippen molar-refractivity contribution in [1.82, 2.24) is 14.9 Å². The minimum Gasteiger partial charge on any atom is -0.296 e. The molecule has 0 bridgehead atoms. The monoisotopic (exact) mass is 354 g/mol. The minimum atomic E-state index is -0.373. The van der Waals surface area contributed by atoms with Gasteiger partial charge in [0.15, 0.2) is 0 Å². The van der Waals surface area contributed by atoms with Crippen LogP contribution < -0.4 is 0 Å². The highest BCUT2D eigenvalue weighted by molar-refractivity contribution is 7.16. The number of hydrogen-bond donors (Lipinski definition) is 0. The van der Waals surface area contributed by atoms with E-state index in [2.05, 4.69) is 40.0 Å². The third-order valence-electron chi connectivity index (χ3n) is 4.95. The maximum Gasteiger partial charge on any atom is 0.287 e. The number of nitrogens with zero attached hydrogens (tertiary/aromatic N) is 4. The molecule has 0 unspecified atom stereocenters. The van der Waals surface area contributed by atoms with E-state index in [0.29, 0.717) is 0 Å². The fraction of sp³-hybridized carbons (Fsp3) is 0.333. The molecule has 1 aliphatic rings. The molecule has 3 aromatic rings. The smallest absolute Gasteiger partial charge is 0.287 e. The number of pyridine rings is 1. The summed E-state index contributed by atoms with van der Waals surface area (Å²) in [5.74, 6) is 0. The number of fused-ring (bicyclic) bond motifs is 2. The summed E-state index contributed by atoms with van der Waals surface area (Å²) < 4.78 is 1.20. The molecule has 2 aromatic heterocycles. The summed E-state index contributed by atoms with van der Waals surface area (Å²) in [5.41, 5.74) is 6.23. The van der Waals surface area contributed by atoms with Crippen molar-refractivity contribution in [2.75, 3.05) is 13.1 Å². The van der Waals surface area contributed by atoms with Crippen LogP contribution >= 0.6 is 11.3 Å². The highest BCUT2D eigenvalue weighted by Crippen LogP contribution is 2.28. The van der Waals surface area contributed by atoms with Gasteiger partial charge in [0.25, 0.3) is 5.69 Å². The molecule has 6 nitrogen and oxygen atoms in total. The molecule has 0 N–H and O–H groups in total. The first kappa shape index (κ1) is 16.1. The lowest BCUT2D eigenvalue weighted by Crippen LogP contribution is -2.29.